The van der Waals surface area contributed by atoms with Crippen LogP contribution in [-0.4, -0.2) is 162 Å². The summed E-state index contributed by atoms with van der Waals surface area (Å²) in [6.45, 7) is 0.208. The standard InChI is InChI=1S/C24H51N7O10/c25-4-11(34)6-31-15-3-14(28)21(40-23-13(27)2-1-12(38-23)7-30-5-10(26)8-32)20(37)22(15)41-24-19(36)17(29)18(35)16(9-33)39-24/h10-24,30-37H,1-9,25-29H2/t10?,11?,12-,13+,14-,15+,16+,17-,18+,19+,20-,21?,22-,23+,24+/m0/s1. The fourth-order valence-electron chi connectivity index (χ4n) is 5.36. The first-order chi connectivity index (χ1) is 19.5. The van der Waals surface area contributed by atoms with Crippen LogP contribution in [0, 0.1) is 0 Å². The first-order valence-corrected chi connectivity index (χ1v) is 14.2. The zero-order valence-corrected chi connectivity index (χ0v) is 23.2. The molecule has 17 nitrogen and oxygen atoms in total. The van der Waals surface area contributed by atoms with E-state index >= 15 is 0 Å². The van der Waals surface area contributed by atoms with Crippen LogP contribution in [0.15, 0.2) is 0 Å². The number of rotatable bonds is 14. The third-order valence-electron chi connectivity index (χ3n) is 7.94. The van der Waals surface area contributed by atoms with Crippen molar-refractivity contribution in [3.63, 3.8) is 0 Å². The van der Waals surface area contributed by atoms with E-state index in [4.69, 9.17) is 52.7 Å². The SMILES string of the molecule is NCC(O)CN[C@@H]1C[C@H](N)C(O[C@H]2O[C@H](CNCC(N)CO)CC[C@H]2N)[C@H](O)[C@H]1O[C@H]1O[C@H](CO)[C@@H](O)[C@H](N)[C@H]1O. The Bertz CT molecular complexity index is 764. The summed E-state index contributed by atoms with van der Waals surface area (Å²) in [7, 11) is 0. The van der Waals surface area contributed by atoms with Gasteiger partial charge in [0.05, 0.1) is 37.5 Å². The van der Waals surface area contributed by atoms with Crippen molar-refractivity contribution in [1.29, 1.82) is 0 Å². The molecule has 3 unspecified atom stereocenters. The van der Waals surface area contributed by atoms with Crippen molar-refractivity contribution in [2.75, 3.05) is 39.4 Å². The van der Waals surface area contributed by atoms with Crippen LogP contribution in [0.25, 0.3) is 0 Å². The van der Waals surface area contributed by atoms with E-state index in [-0.39, 0.29) is 32.2 Å². The van der Waals surface area contributed by atoms with Gasteiger partial charge in [-0.25, -0.2) is 0 Å². The molecule has 41 heavy (non-hydrogen) atoms. The Kier molecular flexibility index (Phi) is 13.9. The van der Waals surface area contributed by atoms with E-state index < -0.39 is 92.1 Å². The van der Waals surface area contributed by atoms with Crippen LogP contribution < -0.4 is 39.3 Å². The van der Waals surface area contributed by atoms with Gasteiger partial charge in [-0.05, 0) is 19.3 Å². The Labute approximate surface area is 239 Å². The van der Waals surface area contributed by atoms with E-state index in [0.29, 0.717) is 25.9 Å². The lowest BCUT2D eigenvalue weighted by molar-refractivity contribution is -0.314. The van der Waals surface area contributed by atoms with Gasteiger partial charge in [-0.1, -0.05) is 0 Å². The molecule has 15 atom stereocenters. The van der Waals surface area contributed by atoms with E-state index in [1.165, 1.54) is 0 Å². The number of ether oxygens (including phenoxy) is 4. The monoisotopic (exact) mass is 597 g/mol. The Balaban J connectivity index is 1.72. The van der Waals surface area contributed by atoms with Crippen molar-refractivity contribution in [2.45, 2.75) is 111 Å². The summed E-state index contributed by atoms with van der Waals surface area (Å²) in [6.07, 6.45) is -9.36. The van der Waals surface area contributed by atoms with Gasteiger partial charge in [-0.3, -0.25) is 0 Å². The zero-order valence-electron chi connectivity index (χ0n) is 23.2. The number of nitrogens with one attached hydrogen (secondary N) is 2. The lowest BCUT2D eigenvalue weighted by atomic mass is 9.83. The highest BCUT2D eigenvalue weighted by atomic mass is 16.7. The van der Waals surface area contributed by atoms with E-state index in [1.807, 2.05) is 0 Å². The van der Waals surface area contributed by atoms with Gasteiger partial charge in [0.1, 0.15) is 36.6 Å². The van der Waals surface area contributed by atoms with Crippen molar-refractivity contribution in [3.05, 3.63) is 0 Å². The molecule has 0 amide bonds. The highest BCUT2D eigenvalue weighted by Gasteiger charge is 2.50. The topological polar surface area (TPSA) is 312 Å². The molecule has 0 aromatic carbocycles. The second-order valence-electron chi connectivity index (χ2n) is 11.2. The second-order valence-corrected chi connectivity index (χ2v) is 11.2. The van der Waals surface area contributed by atoms with Crippen LogP contribution in [0.4, 0.5) is 0 Å². The predicted octanol–water partition coefficient (Wildman–Crippen LogP) is -7.37. The van der Waals surface area contributed by atoms with E-state index in [1.54, 1.807) is 0 Å². The van der Waals surface area contributed by atoms with Gasteiger partial charge in [-0.2, -0.15) is 0 Å². The molecule has 2 saturated heterocycles. The zero-order chi connectivity index (χ0) is 30.3. The van der Waals surface area contributed by atoms with Crippen molar-refractivity contribution in [1.82, 2.24) is 10.6 Å². The Morgan fingerprint density at radius 3 is 2.24 bits per heavy atom. The predicted molar refractivity (Wildman–Crippen MR) is 145 cm³/mol. The maximum absolute atomic E-state index is 11.5. The molecule has 3 fully saturated rings. The van der Waals surface area contributed by atoms with Crippen LogP contribution in [0.2, 0.25) is 0 Å². The van der Waals surface area contributed by atoms with Crippen molar-refractivity contribution < 1.29 is 49.6 Å². The molecule has 242 valence electrons. The van der Waals surface area contributed by atoms with Crippen LogP contribution >= 0.6 is 0 Å². The van der Waals surface area contributed by atoms with Gasteiger partial charge in [0.2, 0.25) is 0 Å². The van der Waals surface area contributed by atoms with Crippen LogP contribution in [0.5, 0.6) is 0 Å². The smallest absolute Gasteiger partial charge is 0.186 e. The Hall–Kier alpha value is -0.680. The van der Waals surface area contributed by atoms with Gasteiger partial charge >= 0.3 is 0 Å². The number of hydrogen-bond acceptors (Lipinski definition) is 17. The summed E-state index contributed by atoms with van der Waals surface area (Å²) in [5.74, 6) is 0. The third kappa shape index (κ3) is 9.16. The number of hydrogen-bond donors (Lipinski definition) is 13. The average Bonchev–Trinajstić information content (AvgIpc) is 2.96. The molecule has 17 heteroatoms. The molecule has 2 aliphatic heterocycles. The van der Waals surface area contributed by atoms with Crippen LogP contribution in [0.1, 0.15) is 19.3 Å². The first-order valence-electron chi connectivity index (χ1n) is 14.2. The average molecular weight is 598 g/mol. The highest BCUT2D eigenvalue weighted by Crippen LogP contribution is 2.31. The highest BCUT2D eigenvalue weighted by molar-refractivity contribution is 5.02. The summed E-state index contributed by atoms with van der Waals surface area (Å²) in [5.41, 5.74) is 29.9. The molecule has 3 aliphatic rings. The van der Waals surface area contributed by atoms with Crippen molar-refractivity contribution in [3.8, 4) is 0 Å². The summed E-state index contributed by atoms with van der Waals surface area (Å²) < 4.78 is 23.9. The molecule has 0 spiro atoms. The number of aliphatic hydroxyl groups excluding tert-OH is 6. The summed E-state index contributed by atoms with van der Waals surface area (Å²) in [4.78, 5) is 0. The fraction of sp³-hybridized carbons (Fsp3) is 1.00. The largest absolute Gasteiger partial charge is 0.395 e. The van der Waals surface area contributed by atoms with Crippen molar-refractivity contribution >= 4 is 0 Å². The summed E-state index contributed by atoms with van der Waals surface area (Å²) in [5, 5.41) is 67.3. The molecule has 1 saturated carbocycles. The molecule has 3 rings (SSSR count). The quantitative estimate of drug-likeness (QED) is 0.0884. The minimum absolute atomic E-state index is 0.000172. The van der Waals surface area contributed by atoms with Crippen LogP contribution in [-0.2, 0) is 18.9 Å². The van der Waals surface area contributed by atoms with E-state index in [9.17, 15) is 25.5 Å². The lowest BCUT2D eigenvalue weighted by Gasteiger charge is -2.48. The third-order valence-corrected chi connectivity index (χ3v) is 7.94. The molecular weight excluding hydrogens is 546 g/mol. The Morgan fingerprint density at radius 2 is 1.59 bits per heavy atom. The molecule has 0 aromatic rings. The van der Waals surface area contributed by atoms with Crippen molar-refractivity contribution in [2.24, 2.45) is 28.7 Å². The fourth-order valence-corrected chi connectivity index (χ4v) is 5.36. The van der Waals surface area contributed by atoms with Gasteiger partial charge in [0, 0.05) is 44.3 Å². The molecule has 1 aliphatic carbocycles. The molecule has 18 N–H and O–H groups in total. The first kappa shape index (κ1) is 34.8. The minimum Gasteiger partial charge on any atom is -0.395 e. The van der Waals surface area contributed by atoms with E-state index in [0.717, 1.165) is 0 Å². The van der Waals surface area contributed by atoms with Gasteiger partial charge in [0.25, 0.3) is 0 Å². The molecule has 0 bridgehead atoms. The van der Waals surface area contributed by atoms with Gasteiger partial charge < -0.3 is 88.9 Å². The van der Waals surface area contributed by atoms with E-state index in [2.05, 4.69) is 10.6 Å². The number of nitrogens with two attached hydrogens (primary N) is 5. The molecular formula is C24H51N7O10. The maximum Gasteiger partial charge on any atom is 0.186 e. The maximum atomic E-state index is 11.5. The van der Waals surface area contributed by atoms with Crippen LogP contribution in [0.3, 0.4) is 0 Å². The normalized spacial score (nSPS) is 43.5. The summed E-state index contributed by atoms with van der Waals surface area (Å²) >= 11 is 0. The lowest BCUT2D eigenvalue weighted by Crippen LogP contribution is -2.68. The second kappa shape index (κ2) is 16.4. The summed E-state index contributed by atoms with van der Waals surface area (Å²) in [6, 6.07) is -3.42. The Morgan fingerprint density at radius 1 is 0.878 bits per heavy atom. The molecule has 0 radical (unpaired) electrons. The minimum atomic E-state index is -1.48. The molecule has 2 heterocycles. The number of aliphatic hydroxyl groups is 6. The molecule has 0 aromatic heterocycles. The van der Waals surface area contributed by atoms with Gasteiger partial charge in [0.15, 0.2) is 12.6 Å². The van der Waals surface area contributed by atoms with Gasteiger partial charge in [-0.15, -0.1) is 0 Å².